The first-order chi connectivity index (χ1) is 56.9. The van der Waals surface area contributed by atoms with E-state index in [2.05, 4.69) is 146 Å². The molecule has 45 nitrogen and oxygen atoms in total. The number of H-pyrrole nitrogens is 1. The van der Waals surface area contributed by atoms with Gasteiger partial charge < -0.3 is 134 Å². The number of aliphatic hydroxyl groups is 1. The number of hydrogen-bond acceptors (Lipinski definition) is 27. The first-order valence-electron chi connectivity index (χ1n) is 38.6. The fourth-order valence-corrected chi connectivity index (χ4v) is 13.9. The van der Waals surface area contributed by atoms with Crippen molar-refractivity contribution in [3.63, 3.8) is 0 Å². The molecule has 3 aliphatic rings. The number of aromatic nitrogens is 1. The predicted molar refractivity (Wildman–Crippen MR) is 445 cm³/mol. The topological polar surface area (TPSA) is 725 Å². The van der Waals surface area contributed by atoms with E-state index in [1.54, 1.807) is 44.3 Å². The van der Waals surface area contributed by atoms with Crippen molar-refractivity contribution in [2.75, 3.05) is 62.3 Å². The molecule has 664 valence electrons. The number of unbranched alkanes of at least 4 members (excludes halogenated alkanes) is 1. The van der Waals surface area contributed by atoms with Crippen LogP contribution in [-0.4, -0.2) is 292 Å². The van der Waals surface area contributed by atoms with Crippen LogP contribution in [0.15, 0.2) is 35.5 Å². The number of hydrogen-bond donors (Lipinski definition) is 28. The Morgan fingerprint density at radius 3 is 1.68 bits per heavy atom. The molecule has 2 aromatic rings. The van der Waals surface area contributed by atoms with E-state index in [4.69, 9.17) is 34.4 Å². The zero-order valence-electron chi connectivity index (χ0n) is 66.3. The van der Waals surface area contributed by atoms with Crippen LogP contribution in [0.5, 0.6) is 0 Å². The van der Waals surface area contributed by atoms with E-state index in [9.17, 15) is 96.2 Å². The molecule has 16 atom stereocenters. The van der Waals surface area contributed by atoms with E-state index in [1.807, 2.05) is 0 Å². The summed E-state index contributed by atoms with van der Waals surface area (Å²) in [6.45, 7) is 3.08. The van der Waals surface area contributed by atoms with Gasteiger partial charge in [0.15, 0.2) is 5.96 Å². The normalized spacial score (nSPS) is 18.5. The minimum atomic E-state index is -1.78. The third kappa shape index (κ3) is 31.4. The molecule has 0 saturated carbocycles. The lowest BCUT2D eigenvalue weighted by atomic mass is 10.0. The van der Waals surface area contributed by atoms with Crippen molar-refractivity contribution >= 4 is 180 Å². The summed E-state index contributed by atoms with van der Waals surface area (Å²) in [5.41, 5.74) is 34.2. The fraction of sp³-hybridized carbons (Fsp3) is 0.606. The Morgan fingerprint density at radius 1 is 0.558 bits per heavy atom. The first-order valence-corrected chi connectivity index (χ1v) is 41.2. The third-order valence-electron chi connectivity index (χ3n) is 19.4. The average molecular weight is 1760 g/mol. The molecular weight excluding hydrogens is 1650 g/mol. The maximum atomic E-state index is 14.7. The molecule has 0 spiro atoms. The molecule has 49 heteroatoms. The summed E-state index contributed by atoms with van der Waals surface area (Å²) in [5, 5.41) is 50.6. The Kier molecular flexibility index (Phi) is 41.3. The highest BCUT2D eigenvalue weighted by Gasteiger charge is 2.43. The van der Waals surface area contributed by atoms with Gasteiger partial charge in [0.1, 0.15) is 84.6 Å². The molecule has 5 rings (SSSR count). The number of likely N-dealkylation sites (tertiary alicyclic amines) is 1. The largest absolute Gasteiger partial charge is 0.394 e. The highest BCUT2D eigenvalue weighted by atomic mass is 32.1. The first kappa shape index (κ1) is 99.8. The summed E-state index contributed by atoms with van der Waals surface area (Å²) < 4.78 is 0. The van der Waals surface area contributed by atoms with Gasteiger partial charge in [-0.15, -0.1) is 0 Å². The van der Waals surface area contributed by atoms with Crippen LogP contribution in [0.4, 0.5) is 0 Å². The fourth-order valence-electron chi connectivity index (χ4n) is 12.9. The van der Waals surface area contributed by atoms with Gasteiger partial charge in [0.25, 0.3) is 0 Å². The number of primary amides is 3. The van der Waals surface area contributed by atoms with E-state index >= 15 is 0 Å². The van der Waals surface area contributed by atoms with Gasteiger partial charge in [0.05, 0.1) is 32.0 Å². The van der Waals surface area contributed by atoms with Gasteiger partial charge in [-0.05, 0) is 88.8 Å². The highest BCUT2D eigenvalue weighted by Crippen LogP contribution is 2.23. The van der Waals surface area contributed by atoms with Crippen molar-refractivity contribution in [2.24, 2.45) is 45.3 Å². The molecule has 120 heavy (non-hydrogen) atoms. The second-order valence-corrected chi connectivity index (χ2v) is 30.5. The predicted octanol–water partition coefficient (Wildman–Crippen LogP) is -11.4. The van der Waals surface area contributed by atoms with Gasteiger partial charge in [-0.1, -0.05) is 32.0 Å². The number of carbonyl (C=O) groups excluding carboxylic acids is 19. The summed E-state index contributed by atoms with van der Waals surface area (Å²) in [5.74, 6) is -19.4. The van der Waals surface area contributed by atoms with Crippen molar-refractivity contribution < 1.29 is 96.2 Å². The van der Waals surface area contributed by atoms with E-state index < -0.39 is 241 Å². The Hall–Kier alpha value is -10.8. The summed E-state index contributed by atoms with van der Waals surface area (Å²) in [7, 11) is 0. The van der Waals surface area contributed by atoms with Crippen LogP contribution < -0.4 is 119 Å². The van der Waals surface area contributed by atoms with Crippen LogP contribution in [0.1, 0.15) is 103 Å². The van der Waals surface area contributed by atoms with Gasteiger partial charge >= 0.3 is 0 Å². The minimum absolute atomic E-state index is 0.00132. The number of amides is 19. The van der Waals surface area contributed by atoms with Crippen molar-refractivity contribution in [3.05, 3.63) is 36.0 Å². The molecule has 0 aliphatic carbocycles. The summed E-state index contributed by atoms with van der Waals surface area (Å²) in [6, 6.07) is -14.9. The number of rotatable bonds is 50. The lowest BCUT2D eigenvalue weighted by Crippen LogP contribution is -2.61. The summed E-state index contributed by atoms with van der Waals surface area (Å²) >= 11 is 16.8. The van der Waals surface area contributed by atoms with E-state index in [-0.39, 0.29) is 120 Å². The van der Waals surface area contributed by atoms with E-state index in [0.717, 1.165) is 4.90 Å². The number of nitrogens with zero attached hydrogens (tertiary/aromatic N) is 2. The van der Waals surface area contributed by atoms with Crippen LogP contribution in [0.3, 0.4) is 0 Å². The second-order valence-electron chi connectivity index (χ2n) is 29.1. The number of fused-ring (bicyclic) bond motifs is 1. The lowest BCUT2D eigenvalue weighted by molar-refractivity contribution is -0.143. The maximum absolute atomic E-state index is 14.7. The Labute approximate surface area is 711 Å². The molecule has 3 saturated heterocycles. The van der Waals surface area contributed by atoms with Gasteiger partial charge in [-0.2, -0.15) is 50.5 Å². The lowest BCUT2D eigenvalue weighted by Gasteiger charge is -2.30. The number of aromatic amines is 1. The molecule has 3 aliphatic heterocycles. The standard InChI is InChI=1S/C71H111N25O20S4/c1-32(2)55(69(115)87-38(12-6-7-17-72)59(105)89-43(22-51(73)98)63(109)86-39(13-8-18-78-71(76)77)60(106)92-46(28-117)56(75)102)95-67(113)49(31-120)93-57(103)33(3)82-68(114)50-14-9-19-96(50)70(116)44(23-52(74)99)90-62(108)42(20-34-24-79-37-11-5-4-10-36(34)37)88-66(112)48(30-119)94-65(111)47(29-118)85-54(101)26-81-58(104)41-21-35(25-80-41)83-64(110)45(27-97)91-61(107)40-15-16-53(100)84-40/h4-5,10-11,24,32-33,35,38-50,55,79-80,97,117-120H,6-9,12-23,25-31,72H2,1-3H3,(H2,73,98)(H2,74,99)(H2,75,102)(H,81,104)(H,82,114)(H,83,110)(H,84,100)(H,85,101)(H,86,109)(H,87,115)(H,88,112)(H,89,105)(H,90,108)(H,91,107)(H,92,106)(H,93,103)(H,94,111)(H,95,113)(H4,76,77,78)/t33-,35?,38-,39-,40?,41?,42-,43-,44-,45-,46-,47-,48-,49-,50-,55-/m0/s1. The van der Waals surface area contributed by atoms with Crippen LogP contribution in [0.2, 0.25) is 0 Å². The number of thiol groups is 4. The molecule has 3 fully saturated rings. The molecule has 1 aromatic heterocycles. The van der Waals surface area contributed by atoms with Crippen molar-refractivity contribution in [3.8, 4) is 0 Å². The zero-order chi connectivity index (χ0) is 89.2. The number of carbonyl (C=O) groups is 19. The number of aliphatic imine (C=N–C) groups is 1. The van der Waals surface area contributed by atoms with Gasteiger partial charge in [-0.3, -0.25) is 96.1 Å². The summed E-state index contributed by atoms with van der Waals surface area (Å²) in [4.78, 5) is 264. The molecule has 3 unspecified atom stereocenters. The number of benzene rings is 1. The van der Waals surface area contributed by atoms with E-state index in [0.29, 0.717) is 22.9 Å². The maximum Gasteiger partial charge on any atom is 0.246 e. The number of nitrogens with one attached hydrogen (secondary N) is 17. The third-order valence-corrected chi connectivity index (χ3v) is 20.9. The van der Waals surface area contributed by atoms with Crippen LogP contribution in [0.25, 0.3) is 10.9 Å². The number of guanidine groups is 1. The molecule has 30 N–H and O–H groups in total. The Morgan fingerprint density at radius 2 is 1.09 bits per heavy atom. The molecule has 4 heterocycles. The van der Waals surface area contributed by atoms with Crippen molar-refractivity contribution in [1.29, 1.82) is 0 Å². The SMILES string of the molecule is CC(C)[C@H](NC(=O)[C@H](CS)NC(=O)[C@H](C)NC(=O)[C@@H]1CCCN1C(=O)[C@H](CC(N)=O)NC(=O)[C@H](Cc1c[nH]c2ccccc12)NC(=O)[C@H](CS)NC(=O)[C@H](CS)NC(=O)CNC(=O)C1CC(NC(=O)[C@H](CO)NC(=O)C2CCC(=O)N2)CN1)C(=O)N[C@@H](CCCCN)C(=O)N[C@@H](CC(N)=O)C(=O)N[C@@H](CCCN=C(N)N)C(=O)N[C@@H](CS)C(N)=O. The zero-order valence-corrected chi connectivity index (χ0v) is 69.9. The van der Waals surface area contributed by atoms with Gasteiger partial charge in [0, 0.05) is 78.6 Å². The number of aliphatic hydroxyl groups excluding tert-OH is 1. The van der Waals surface area contributed by atoms with Crippen molar-refractivity contribution in [2.45, 2.75) is 201 Å². The molecule has 1 aromatic carbocycles. The molecular formula is C71H111N25O20S4. The van der Waals surface area contributed by atoms with Gasteiger partial charge in [0.2, 0.25) is 112 Å². The van der Waals surface area contributed by atoms with E-state index in [1.165, 1.54) is 6.92 Å². The number of nitrogens with two attached hydrogens (primary N) is 6. The van der Waals surface area contributed by atoms with Crippen LogP contribution >= 0.6 is 50.5 Å². The smallest absolute Gasteiger partial charge is 0.246 e. The van der Waals surface area contributed by atoms with Crippen LogP contribution in [0, 0.1) is 5.92 Å². The van der Waals surface area contributed by atoms with Gasteiger partial charge in [-0.25, -0.2) is 0 Å². The molecule has 19 amide bonds. The molecule has 0 bridgehead atoms. The second kappa shape index (κ2) is 49.7. The highest BCUT2D eigenvalue weighted by molar-refractivity contribution is 7.80. The monoisotopic (exact) mass is 1760 g/mol. The molecule has 0 radical (unpaired) electrons. The number of para-hydroxylation sites is 1. The average Bonchev–Trinajstić information content (AvgIpc) is 1.67. The summed E-state index contributed by atoms with van der Waals surface area (Å²) in [6.07, 6.45) is 0.650. The van der Waals surface area contributed by atoms with Crippen LogP contribution in [-0.2, 0) is 97.5 Å². The minimum Gasteiger partial charge on any atom is -0.394 e. The Bertz CT molecular complexity index is 4060. The Balaban J connectivity index is 1.21. The van der Waals surface area contributed by atoms with Crippen molar-refractivity contribution in [1.82, 2.24) is 95.0 Å². The quantitative estimate of drug-likeness (QED) is 0.0127.